The van der Waals surface area contributed by atoms with E-state index in [1.165, 1.54) is 31.4 Å². The highest BCUT2D eigenvalue weighted by molar-refractivity contribution is 7.90. The van der Waals surface area contributed by atoms with Gasteiger partial charge in [0.25, 0.3) is 15.9 Å². The van der Waals surface area contributed by atoms with E-state index in [-0.39, 0.29) is 23.4 Å². The first-order valence-corrected chi connectivity index (χ1v) is 14.6. The van der Waals surface area contributed by atoms with Crippen LogP contribution in [0, 0.1) is 5.92 Å². The average molecular weight is 581 g/mol. The Kier molecular flexibility index (Phi) is 11.3. The fourth-order valence-corrected chi connectivity index (χ4v) is 5.28. The van der Waals surface area contributed by atoms with Gasteiger partial charge in [0.15, 0.2) is 0 Å². The van der Waals surface area contributed by atoms with Gasteiger partial charge in [-0.1, -0.05) is 37.5 Å². The van der Waals surface area contributed by atoms with E-state index in [0.717, 1.165) is 6.42 Å². The van der Waals surface area contributed by atoms with E-state index in [1.54, 1.807) is 26.8 Å². The van der Waals surface area contributed by atoms with Gasteiger partial charge < -0.3 is 25.8 Å². The Labute approximate surface area is 235 Å². The molecule has 12 nitrogen and oxygen atoms in total. The molecule has 1 saturated carbocycles. The lowest BCUT2D eigenvalue weighted by Gasteiger charge is -2.23. The highest BCUT2D eigenvalue weighted by Crippen LogP contribution is 2.45. The predicted octanol–water partition coefficient (Wildman–Crippen LogP) is 2.74. The number of carbonyl (C=O) groups excluding carboxylic acids is 4. The second-order valence-corrected chi connectivity index (χ2v) is 12.4. The largest absolute Gasteiger partial charge is 0.468 e. The van der Waals surface area contributed by atoms with E-state index < -0.39 is 57.0 Å². The molecule has 0 aliphatic heterocycles. The Balaban J connectivity index is 1.98. The standard InChI is InChI=1S/C27H40N4O8S/c1-6-18-17-27(18,30-25(35)39-26(2,3)4)24(34)31-40(36,37)21-15-12-11-14-20(21)29-22(32)16-10-8-7-9-13-19(28)23(33)38-5/h6,11-12,14-15,18-19H,1,7-10,13,16-17,28H2,2-5H3,(H,29,32)(H,30,35)(H,31,34)/t18-,19+,27-/m1/s1. The molecule has 0 bridgehead atoms. The molecule has 1 fully saturated rings. The molecule has 0 spiro atoms. The van der Waals surface area contributed by atoms with Crippen molar-refractivity contribution in [3.8, 4) is 0 Å². The summed E-state index contributed by atoms with van der Waals surface area (Å²) < 4.78 is 38.2. The van der Waals surface area contributed by atoms with Gasteiger partial charge in [0.2, 0.25) is 5.91 Å². The minimum Gasteiger partial charge on any atom is -0.468 e. The van der Waals surface area contributed by atoms with Crippen LogP contribution in [-0.2, 0) is 33.9 Å². The van der Waals surface area contributed by atoms with Crippen molar-refractivity contribution in [3.05, 3.63) is 36.9 Å². The van der Waals surface area contributed by atoms with Crippen molar-refractivity contribution in [1.82, 2.24) is 10.0 Å². The van der Waals surface area contributed by atoms with E-state index >= 15 is 0 Å². The van der Waals surface area contributed by atoms with Crippen LogP contribution in [0.1, 0.15) is 65.7 Å². The number of unbranched alkanes of at least 4 members (excludes halogenated alkanes) is 3. The molecule has 0 saturated heterocycles. The number of para-hydroxylation sites is 1. The zero-order valence-corrected chi connectivity index (χ0v) is 24.3. The number of amides is 3. The molecule has 3 amide bonds. The number of ether oxygens (including phenoxy) is 2. The number of nitrogens with one attached hydrogen (secondary N) is 3. The first kappa shape index (κ1) is 32.8. The van der Waals surface area contributed by atoms with Crippen LogP contribution in [0.25, 0.3) is 0 Å². The molecule has 3 atom stereocenters. The van der Waals surface area contributed by atoms with Crippen LogP contribution in [0.2, 0.25) is 0 Å². The number of hydrogen-bond donors (Lipinski definition) is 4. The molecule has 40 heavy (non-hydrogen) atoms. The summed E-state index contributed by atoms with van der Waals surface area (Å²) >= 11 is 0. The number of anilines is 1. The maximum atomic E-state index is 13.2. The Morgan fingerprint density at radius 1 is 1.15 bits per heavy atom. The minimum atomic E-state index is -4.42. The maximum Gasteiger partial charge on any atom is 0.408 e. The fraction of sp³-hybridized carbons (Fsp3) is 0.556. The lowest BCUT2D eigenvalue weighted by molar-refractivity contribution is -0.142. The predicted molar refractivity (Wildman–Crippen MR) is 148 cm³/mol. The molecule has 0 aromatic heterocycles. The van der Waals surface area contributed by atoms with E-state index in [4.69, 9.17) is 10.5 Å². The van der Waals surface area contributed by atoms with Crippen LogP contribution in [0.5, 0.6) is 0 Å². The summed E-state index contributed by atoms with van der Waals surface area (Å²) in [5.74, 6) is -2.27. The second-order valence-electron chi connectivity index (χ2n) is 10.7. The van der Waals surface area contributed by atoms with Gasteiger partial charge in [-0.15, -0.1) is 6.58 Å². The highest BCUT2D eigenvalue weighted by Gasteiger charge is 2.61. The number of carbonyl (C=O) groups is 4. The molecule has 1 aromatic rings. The smallest absolute Gasteiger partial charge is 0.408 e. The topological polar surface area (TPSA) is 183 Å². The van der Waals surface area contributed by atoms with E-state index in [1.807, 2.05) is 4.72 Å². The van der Waals surface area contributed by atoms with Crippen LogP contribution in [0.4, 0.5) is 10.5 Å². The van der Waals surface area contributed by atoms with Crippen LogP contribution >= 0.6 is 0 Å². The summed E-state index contributed by atoms with van der Waals surface area (Å²) in [6, 6.07) is 5.04. The number of nitrogens with two attached hydrogens (primary N) is 1. The lowest BCUT2D eigenvalue weighted by Crippen LogP contribution is -2.52. The van der Waals surface area contributed by atoms with Crippen molar-refractivity contribution in [2.24, 2.45) is 11.7 Å². The van der Waals surface area contributed by atoms with E-state index in [2.05, 4.69) is 21.9 Å². The van der Waals surface area contributed by atoms with Gasteiger partial charge >= 0.3 is 12.1 Å². The monoisotopic (exact) mass is 580 g/mol. The molecule has 1 aliphatic carbocycles. The van der Waals surface area contributed by atoms with Crippen LogP contribution in [0.15, 0.2) is 41.8 Å². The summed E-state index contributed by atoms with van der Waals surface area (Å²) in [6.07, 6.45) is 4.13. The molecule has 1 aromatic carbocycles. The summed E-state index contributed by atoms with van der Waals surface area (Å²) in [7, 11) is -3.14. The van der Waals surface area contributed by atoms with Crippen LogP contribution < -0.4 is 21.1 Å². The molecule has 222 valence electrons. The fourth-order valence-electron chi connectivity index (χ4n) is 4.08. The molecule has 1 aliphatic rings. The molecular weight excluding hydrogens is 540 g/mol. The number of alkyl carbamates (subject to hydrolysis) is 1. The third-order valence-corrected chi connectivity index (χ3v) is 7.67. The summed E-state index contributed by atoms with van der Waals surface area (Å²) in [5.41, 5.74) is 3.38. The zero-order valence-electron chi connectivity index (χ0n) is 23.4. The number of esters is 1. The molecular formula is C27H40N4O8S. The van der Waals surface area contributed by atoms with Crippen LogP contribution in [0.3, 0.4) is 0 Å². The molecule has 13 heteroatoms. The Hall–Kier alpha value is -3.45. The van der Waals surface area contributed by atoms with Crippen molar-refractivity contribution >= 4 is 39.6 Å². The van der Waals surface area contributed by atoms with Gasteiger partial charge in [-0.2, -0.15) is 0 Å². The molecule has 0 heterocycles. The summed E-state index contributed by atoms with van der Waals surface area (Å²) in [6.45, 7) is 8.64. The van der Waals surface area contributed by atoms with Gasteiger partial charge in [-0.25, -0.2) is 17.9 Å². The molecule has 0 radical (unpaired) electrons. The maximum absolute atomic E-state index is 13.2. The highest BCUT2D eigenvalue weighted by atomic mass is 32.2. The Morgan fingerprint density at radius 3 is 2.40 bits per heavy atom. The number of sulfonamides is 1. The van der Waals surface area contributed by atoms with Gasteiger partial charge in [0.1, 0.15) is 22.1 Å². The van der Waals surface area contributed by atoms with E-state index in [9.17, 15) is 27.6 Å². The van der Waals surface area contributed by atoms with Gasteiger partial charge in [-0.05, 0) is 52.2 Å². The van der Waals surface area contributed by atoms with Crippen molar-refractivity contribution < 1.29 is 37.1 Å². The summed E-state index contributed by atoms with van der Waals surface area (Å²) in [4.78, 5) is 49.0. The number of methoxy groups -OCH3 is 1. The lowest BCUT2D eigenvalue weighted by atomic mass is 10.1. The molecule has 0 unspecified atom stereocenters. The third kappa shape index (κ3) is 9.33. The molecule has 5 N–H and O–H groups in total. The summed E-state index contributed by atoms with van der Waals surface area (Å²) in [5, 5.41) is 5.09. The zero-order chi connectivity index (χ0) is 30.1. The van der Waals surface area contributed by atoms with Gasteiger partial charge in [0, 0.05) is 12.3 Å². The van der Waals surface area contributed by atoms with Crippen LogP contribution in [-0.4, -0.2) is 56.6 Å². The second kappa shape index (κ2) is 13.8. The van der Waals surface area contributed by atoms with Crippen molar-refractivity contribution in [3.63, 3.8) is 0 Å². The minimum absolute atomic E-state index is 0.0158. The van der Waals surface area contributed by atoms with Crippen molar-refractivity contribution in [1.29, 1.82) is 0 Å². The quantitative estimate of drug-likeness (QED) is 0.146. The number of hydrogen-bond acceptors (Lipinski definition) is 9. The van der Waals surface area contributed by atoms with Crippen molar-refractivity contribution in [2.75, 3.05) is 12.4 Å². The van der Waals surface area contributed by atoms with Crippen molar-refractivity contribution in [2.45, 2.75) is 87.8 Å². The SMILES string of the molecule is C=C[C@@H]1C[C@]1(NC(=O)OC(C)(C)C)C(=O)NS(=O)(=O)c1ccccc1NC(=O)CCCCCC[C@H](N)C(=O)OC. The first-order chi connectivity index (χ1) is 18.6. The Morgan fingerprint density at radius 2 is 1.80 bits per heavy atom. The van der Waals surface area contributed by atoms with Gasteiger partial charge in [0.05, 0.1) is 12.8 Å². The van der Waals surface area contributed by atoms with E-state index in [0.29, 0.717) is 25.7 Å². The Bertz CT molecular complexity index is 1210. The average Bonchev–Trinajstić information content (AvgIpc) is 3.58. The number of rotatable bonds is 14. The third-order valence-electron chi connectivity index (χ3n) is 6.28. The normalized spacial score (nSPS) is 19.1. The first-order valence-electron chi connectivity index (χ1n) is 13.1. The van der Waals surface area contributed by atoms with Gasteiger partial charge in [-0.3, -0.25) is 14.4 Å². The molecule has 2 rings (SSSR count). The number of benzene rings is 1.